The normalized spacial score (nSPS) is 10.2. The Morgan fingerprint density at radius 3 is 2.48 bits per heavy atom. The van der Waals surface area contributed by atoms with Crippen molar-refractivity contribution in [1.29, 1.82) is 0 Å². The second-order valence-corrected chi connectivity index (χ2v) is 3.98. The highest BCUT2D eigenvalue weighted by Crippen LogP contribution is 2.35. The number of hydrogen-bond acceptors (Lipinski definition) is 6. The van der Waals surface area contributed by atoms with Gasteiger partial charge in [0.05, 0.1) is 18.7 Å². The van der Waals surface area contributed by atoms with Crippen molar-refractivity contribution in [3.63, 3.8) is 0 Å². The van der Waals surface area contributed by atoms with Crippen LogP contribution in [0.2, 0.25) is 0 Å². The van der Waals surface area contributed by atoms with Gasteiger partial charge in [-0.1, -0.05) is 12.1 Å². The Hall–Kier alpha value is -2.77. The highest BCUT2D eigenvalue weighted by atomic mass is 19.1. The zero-order valence-corrected chi connectivity index (χ0v) is 11.2. The summed E-state index contributed by atoms with van der Waals surface area (Å²) in [5.41, 5.74) is 0.354. The quantitative estimate of drug-likeness (QED) is 0.601. The summed E-state index contributed by atoms with van der Waals surface area (Å²) < 4.78 is 22.4. The number of hydrogen-bond donors (Lipinski definition) is 0. The van der Waals surface area contributed by atoms with Crippen molar-refractivity contribution in [2.75, 3.05) is 13.8 Å². The van der Waals surface area contributed by atoms with Crippen LogP contribution in [0.1, 0.15) is 5.56 Å². The van der Waals surface area contributed by atoms with Crippen molar-refractivity contribution in [2.45, 2.75) is 6.42 Å². The van der Waals surface area contributed by atoms with Crippen LogP contribution in [0.4, 0.5) is 10.1 Å². The second-order valence-electron chi connectivity index (χ2n) is 3.98. The Labute approximate surface area is 119 Å². The maximum Gasteiger partial charge on any atom is 0.392 e. The molecule has 110 valence electrons. The zero-order chi connectivity index (χ0) is 15.2. The fourth-order valence-corrected chi connectivity index (χ4v) is 1.67. The average Bonchev–Trinajstić information content (AvgIpc) is 2.49. The maximum absolute atomic E-state index is 12.2. The summed E-state index contributed by atoms with van der Waals surface area (Å²) in [5, 5.41) is 11.1. The molecule has 0 amide bonds. The first-order valence-corrected chi connectivity index (χ1v) is 6.02. The molecule has 0 aliphatic carbocycles. The van der Waals surface area contributed by atoms with Gasteiger partial charge in [-0.25, -0.2) is 0 Å². The molecule has 1 heterocycles. The van der Waals surface area contributed by atoms with Gasteiger partial charge in [0.25, 0.3) is 0 Å². The average molecular weight is 293 g/mol. The maximum atomic E-state index is 12.2. The number of aromatic nitrogens is 2. The topological polar surface area (TPSA) is 87.4 Å². The number of halogens is 1. The summed E-state index contributed by atoms with van der Waals surface area (Å²) in [5.74, 6) is -0.0504. The number of methoxy groups -OCH3 is 1. The summed E-state index contributed by atoms with van der Waals surface area (Å²) >= 11 is 0. The molecule has 0 unspecified atom stereocenters. The lowest BCUT2D eigenvalue weighted by atomic mass is 10.2. The molecule has 1 aromatic carbocycles. The molecule has 0 saturated carbocycles. The van der Waals surface area contributed by atoms with Crippen molar-refractivity contribution < 1.29 is 18.8 Å². The molecular formula is C13H12FN3O4. The largest absolute Gasteiger partial charge is 0.476 e. The van der Waals surface area contributed by atoms with E-state index in [0.29, 0.717) is 12.2 Å². The van der Waals surface area contributed by atoms with Crippen molar-refractivity contribution in [2.24, 2.45) is 0 Å². The molecular weight excluding hydrogens is 281 g/mol. The summed E-state index contributed by atoms with van der Waals surface area (Å²) in [4.78, 5) is 17.8. The lowest BCUT2D eigenvalue weighted by Gasteiger charge is -2.07. The molecule has 7 nitrogen and oxygen atoms in total. The van der Waals surface area contributed by atoms with Gasteiger partial charge in [-0.05, 0) is 17.7 Å². The molecule has 0 aliphatic rings. The molecule has 1 aromatic heterocycles. The zero-order valence-electron chi connectivity index (χ0n) is 11.2. The molecule has 2 aromatic rings. The van der Waals surface area contributed by atoms with Crippen molar-refractivity contribution >= 4 is 5.69 Å². The fourth-order valence-electron chi connectivity index (χ4n) is 1.67. The van der Waals surface area contributed by atoms with Gasteiger partial charge in [0.1, 0.15) is 12.1 Å². The number of benzene rings is 1. The van der Waals surface area contributed by atoms with Crippen LogP contribution in [0, 0.1) is 10.1 Å². The molecule has 0 aliphatic heterocycles. The monoisotopic (exact) mass is 293 g/mol. The van der Waals surface area contributed by atoms with Crippen LogP contribution in [-0.4, -0.2) is 28.7 Å². The van der Waals surface area contributed by atoms with Gasteiger partial charge in [0, 0.05) is 6.42 Å². The molecule has 21 heavy (non-hydrogen) atoms. The van der Waals surface area contributed by atoms with E-state index in [1.54, 1.807) is 24.3 Å². The summed E-state index contributed by atoms with van der Waals surface area (Å²) in [6.45, 7) is -0.450. The minimum absolute atomic E-state index is 0.181. The molecule has 0 radical (unpaired) electrons. The summed E-state index contributed by atoms with van der Waals surface area (Å²) in [6, 6.07) is 6.53. The third-order valence-electron chi connectivity index (χ3n) is 2.65. The SMILES string of the molecule is COc1ncnc(Oc2ccc(CCF)cc2)c1[N+](=O)[O-]. The van der Waals surface area contributed by atoms with E-state index in [0.717, 1.165) is 11.9 Å². The van der Waals surface area contributed by atoms with Crippen LogP contribution in [0.25, 0.3) is 0 Å². The first kappa shape index (κ1) is 14.6. The van der Waals surface area contributed by atoms with Gasteiger partial charge in [0.2, 0.25) is 0 Å². The predicted octanol–water partition coefficient (Wildman–Crippen LogP) is 2.70. The Morgan fingerprint density at radius 1 is 1.24 bits per heavy atom. The van der Waals surface area contributed by atoms with Crippen molar-refractivity contribution in [1.82, 2.24) is 9.97 Å². The van der Waals surface area contributed by atoms with Crippen LogP contribution in [-0.2, 0) is 6.42 Å². The molecule has 0 fully saturated rings. The minimum atomic E-state index is -0.675. The third-order valence-corrected chi connectivity index (χ3v) is 2.65. The minimum Gasteiger partial charge on any atom is -0.476 e. The van der Waals surface area contributed by atoms with E-state index in [1.807, 2.05) is 0 Å². The number of nitrogens with zero attached hydrogens (tertiary/aromatic N) is 3. The van der Waals surface area contributed by atoms with Gasteiger partial charge < -0.3 is 9.47 Å². The Morgan fingerprint density at radius 2 is 1.90 bits per heavy atom. The van der Waals surface area contributed by atoms with Gasteiger partial charge in [-0.15, -0.1) is 0 Å². The molecule has 0 bridgehead atoms. The van der Waals surface area contributed by atoms with Crippen molar-refractivity contribution in [3.05, 3.63) is 46.3 Å². The molecule has 2 rings (SSSR count). The van der Waals surface area contributed by atoms with E-state index in [2.05, 4.69) is 9.97 Å². The first-order valence-electron chi connectivity index (χ1n) is 6.02. The van der Waals surface area contributed by atoms with E-state index in [4.69, 9.17) is 9.47 Å². The lowest BCUT2D eigenvalue weighted by molar-refractivity contribution is -0.387. The fraction of sp³-hybridized carbons (Fsp3) is 0.231. The molecule has 0 spiro atoms. The van der Waals surface area contributed by atoms with Crippen LogP contribution < -0.4 is 9.47 Å². The predicted molar refractivity (Wildman–Crippen MR) is 71.4 cm³/mol. The van der Waals surface area contributed by atoms with Crippen LogP contribution in [0.3, 0.4) is 0 Å². The Kier molecular flexibility index (Phi) is 4.60. The van der Waals surface area contributed by atoms with Gasteiger partial charge >= 0.3 is 17.4 Å². The molecule has 0 N–H and O–H groups in total. The number of nitro groups is 1. The van der Waals surface area contributed by atoms with Crippen LogP contribution in [0.15, 0.2) is 30.6 Å². The number of rotatable bonds is 6. The van der Waals surface area contributed by atoms with Crippen LogP contribution in [0.5, 0.6) is 17.5 Å². The molecule has 8 heteroatoms. The van der Waals surface area contributed by atoms with Gasteiger partial charge in [-0.2, -0.15) is 9.97 Å². The Balaban J connectivity index is 2.28. The van der Waals surface area contributed by atoms with Crippen molar-refractivity contribution in [3.8, 4) is 17.5 Å². The number of alkyl halides is 1. The van der Waals surface area contributed by atoms with Gasteiger partial charge in [0.15, 0.2) is 0 Å². The van der Waals surface area contributed by atoms with Crippen LogP contribution >= 0.6 is 0 Å². The van der Waals surface area contributed by atoms with E-state index in [-0.39, 0.29) is 11.8 Å². The molecule has 0 atom stereocenters. The summed E-state index contributed by atoms with van der Waals surface area (Å²) in [6.07, 6.45) is 1.42. The van der Waals surface area contributed by atoms with Gasteiger partial charge in [-0.3, -0.25) is 14.5 Å². The standard InChI is InChI=1S/C13H12FN3O4/c1-20-12-11(17(18)19)13(16-8-15-12)21-10-4-2-9(3-5-10)6-7-14/h2-5,8H,6-7H2,1H3. The van der Waals surface area contributed by atoms with E-state index < -0.39 is 17.3 Å². The number of aryl methyl sites for hydroxylation is 1. The Bertz CT molecular complexity index is 634. The smallest absolute Gasteiger partial charge is 0.392 e. The lowest BCUT2D eigenvalue weighted by Crippen LogP contribution is -2.01. The number of ether oxygens (including phenoxy) is 2. The highest BCUT2D eigenvalue weighted by Gasteiger charge is 2.25. The van der Waals surface area contributed by atoms with E-state index in [1.165, 1.54) is 7.11 Å². The van der Waals surface area contributed by atoms with E-state index >= 15 is 0 Å². The highest BCUT2D eigenvalue weighted by molar-refractivity contribution is 5.50. The first-order chi connectivity index (χ1) is 10.2. The van der Waals surface area contributed by atoms with E-state index in [9.17, 15) is 14.5 Å². The molecule has 0 saturated heterocycles. The third kappa shape index (κ3) is 3.41. The second kappa shape index (κ2) is 6.60. The summed E-state index contributed by atoms with van der Waals surface area (Å²) in [7, 11) is 1.27.